The highest BCUT2D eigenvalue weighted by molar-refractivity contribution is 5.43. The van der Waals surface area contributed by atoms with E-state index < -0.39 is 0 Å². The first-order valence-electron chi connectivity index (χ1n) is 6.22. The molecule has 0 unspecified atom stereocenters. The van der Waals surface area contributed by atoms with Crippen molar-refractivity contribution in [3.05, 3.63) is 52.6 Å². The Hall–Kier alpha value is -2.30. The zero-order valence-electron chi connectivity index (χ0n) is 11.1. The molecule has 0 aliphatic carbocycles. The van der Waals surface area contributed by atoms with Gasteiger partial charge in [-0.2, -0.15) is 0 Å². The Morgan fingerprint density at radius 3 is 2.58 bits per heavy atom. The molecular formula is C14H18N4O. The van der Waals surface area contributed by atoms with Crippen molar-refractivity contribution in [2.45, 2.75) is 26.4 Å². The Bertz CT molecular complexity index is 589. The minimum atomic E-state index is -0.145. The highest BCUT2D eigenvalue weighted by atomic mass is 16.1. The Kier molecular flexibility index (Phi) is 3.85. The van der Waals surface area contributed by atoms with Gasteiger partial charge in [0, 0.05) is 24.3 Å². The van der Waals surface area contributed by atoms with Crippen molar-refractivity contribution in [1.82, 2.24) is 9.97 Å². The van der Waals surface area contributed by atoms with Crippen LogP contribution in [0.25, 0.3) is 0 Å². The summed E-state index contributed by atoms with van der Waals surface area (Å²) in [6.45, 7) is 4.83. The van der Waals surface area contributed by atoms with Gasteiger partial charge in [-0.05, 0) is 31.5 Å². The summed E-state index contributed by atoms with van der Waals surface area (Å²) in [6.07, 6.45) is 1.43. The molecule has 0 aliphatic rings. The highest BCUT2D eigenvalue weighted by Gasteiger charge is 2.12. The molecule has 19 heavy (non-hydrogen) atoms. The minimum absolute atomic E-state index is 0.145. The molecule has 5 nitrogen and oxygen atoms in total. The summed E-state index contributed by atoms with van der Waals surface area (Å²) < 4.78 is 0. The van der Waals surface area contributed by atoms with E-state index in [1.807, 2.05) is 24.3 Å². The second kappa shape index (κ2) is 5.56. The summed E-state index contributed by atoms with van der Waals surface area (Å²) in [5.74, 6) is 0.676. The van der Waals surface area contributed by atoms with Crippen LogP contribution in [0.5, 0.6) is 0 Å². The number of rotatable bonds is 4. The van der Waals surface area contributed by atoms with E-state index in [1.165, 1.54) is 12.4 Å². The monoisotopic (exact) mass is 258 g/mol. The maximum Gasteiger partial charge on any atom is 0.252 e. The molecule has 2 aromatic rings. The topological polar surface area (TPSA) is 75.0 Å². The second-order valence-electron chi connectivity index (χ2n) is 4.73. The van der Waals surface area contributed by atoms with Crippen LogP contribution in [0.1, 0.15) is 19.4 Å². The lowest BCUT2D eigenvalue weighted by atomic mass is 10.1. The average molecular weight is 258 g/mol. The molecule has 0 radical (unpaired) electrons. The molecule has 3 N–H and O–H groups in total. The summed E-state index contributed by atoms with van der Waals surface area (Å²) in [6, 6.07) is 9.47. The number of aromatic amines is 1. The number of aromatic nitrogens is 2. The van der Waals surface area contributed by atoms with Gasteiger partial charge in [0.25, 0.3) is 5.56 Å². The van der Waals surface area contributed by atoms with Crippen LogP contribution in [-0.2, 0) is 6.54 Å². The van der Waals surface area contributed by atoms with Gasteiger partial charge in [-0.15, -0.1) is 0 Å². The summed E-state index contributed by atoms with van der Waals surface area (Å²) in [5, 5.41) is 0. The number of nitrogens with two attached hydrogens (primary N) is 1. The van der Waals surface area contributed by atoms with Crippen LogP contribution in [0.3, 0.4) is 0 Å². The quantitative estimate of drug-likeness (QED) is 0.819. The molecule has 0 fully saturated rings. The van der Waals surface area contributed by atoms with Gasteiger partial charge in [0.15, 0.2) is 0 Å². The first kappa shape index (κ1) is 13.1. The molecule has 0 saturated carbocycles. The van der Waals surface area contributed by atoms with Gasteiger partial charge < -0.3 is 15.6 Å². The van der Waals surface area contributed by atoms with Crippen LogP contribution in [0.2, 0.25) is 0 Å². The van der Waals surface area contributed by atoms with E-state index in [0.717, 1.165) is 11.3 Å². The molecule has 2 rings (SSSR count). The zero-order valence-corrected chi connectivity index (χ0v) is 11.1. The van der Waals surface area contributed by atoms with E-state index in [1.54, 1.807) is 0 Å². The van der Waals surface area contributed by atoms with Gasteiger partial charge in [-0.1, -0.05) is 12.1 Å². The van der Waals surface area contributed by atoms with Crippen LogP contribution in [0.15, 0.2) is 41.5 Å². The molecule has 5 heteroatoms. The van der Waals surface area contributed by atoms with Crippen LogP contribution in [-0.4, -0.2) is 16.0 Å². The van der Waals surface area contributed by atoms with Gasteiger partial charge in [0.2, 0.25) is 0 Å². The molecule has 0 atom stereocenters. The smallest absolute Gasteiger partial charge is 0.252 e. The Labute approximate surface area is 112 Å². The third kappa shape index (κ3) is 3.34. The number of H-pyrrole nitrogens is 1. The SMILES string of the molecule is CC(C)N(Cc1ccc(N)cc1)c1cc(=O)[nH]cn1. The fraction of sp³-hybridized carbons (Fsp3) is 0.286. The summed E-state index contributed by atoms with van der Waals surface area (Å²) in [5.41, 5.74) is 7.41. The first-order valence-corrected chi connectivity index (χ1v) is 6.22. The van der Waals surface area contributed by atoms with Crippen molar-refractivity contribution >= 4 is 11.5 Å². The highest BCUT2D eigenvalue weighted by Crippen LogP contribution is 2.16. The Morgan fingerprint density at radius 1 is 1.32 bits per heavy atom. The largest absolute Gasteiger partial charge is 0.399 e. The van der Waals surface area contributed by atoms with Gasteiger partial charge in [0.1, 0.15) is 5.82 Å². The summed E-state index contributed by atoms with van der Waals surface area (Å²) in [4.78, 5) is 20.2. The average Bonchev–Trinajstić information content (AvgIpc) is 2.37. The molecule has 1 aromatic carbocycles. The number of hydrogen-bond acceptors (Lipinski definition) is 4. The third-order valence-electron chi connectivity index (χ3n) is 2.91. The number of hydrogen-bond donors (Lipinski definition) is 2. The maximum atomic E-state index is 11.4. The van der Waals surface area contributed by atoms with Gasteiger partial charge in [-0.3, -0.25) is 4.79 Å². The van der Waals surface area contributed by atoms with Gasteiger partial charge in [-0.25, -0.2) is 4.98 Å². The number of benzene rings is 1. The van der Waals surface area contributed by atoms with Crippen molar-refractivity contribution < 1.29 is 0 Å². The fourth-order valence-corrected chi connectivity index (χ4v) is 1.86. The van der Waals surface area contributed by atoms with Crippen LogP contribution in [0, 0.1) is 0 Å². The summed E-state index contributed by atoms with van der Waals surface area (Å²) >= 11 is 0. The van der Waals surface area contributed by atoms with Gasteiger partial charge in [0.05, 0.1) is 6.33 Å². The molecule has 0 spiro atoms. The third-order valence-corrected chi connectivity index (χ3v) is 2.91. The van der Waals surface area contributed by atoms with Gasteiger partial charge >= 0.3 is 0 Å². The van der Waals surface area contributed by atoms with Crippen LogP contribution in [0.4, 0.5) is 11.5 Å². The van der Waals surface area contributed by atoms with E-state index in [-0.39, 0.29) is 11.6 Å². The summed E-state index contributed by atoms with van der Waals surface area (Å²) in [7, 11) is 0. The molecule has 1 aromatic heterocycles. The van der Waals surface area contributed by atoms with E-state index in [0.29, 0.717) is 12.4 Å². The molecular weight excluding hydrogens is 240 g/mol. The predicted octanol–water partition coefficient (Wildman–Crippen LogP) is 1.77. The van der Waals surface area contributed by atoms with Crippen molar-refractivity contribution in [2.24, 2.45) is 0 Å². The number of anilines is 2. The molecule has 100 valence electrons. The van der Waals surface area contributed by atoms with Crippen molar-refractivity contribution in [3.8, 4) is 0 Å². The Balaban J connectivity index is 2.26. The minimum Gasteiger partial charge on any atom is -0.399 e. The van der Waals surface area contributed by atoms with E-state index in [9.17, 15) is 4.79 Å². The lowest BCUT2D eigenvalue weighted by Crippen LogP contribution is -2.31. The fourth-order valence-electron chi connectivity index (χ4n) is 1.86. The normalized spacial score (nSPS) is 10.7. The zero-order chi connectivity index (χ0) is 13.8. The van der Waals surface area contributed by atoms with E-state index in [2.05, 4.69) is 28.7 Å². The lowest BCUT2D eigenvalue weighted by molar-refractivity contribution is 0.670. The molecule has 0 amide bonds. The lowest BCUT2D eigenvalue weighted by Gasteiger charge is -2.27. The van der Waals surface area contributed by atoms with Crippen LogP contribution >= 0.6 is 0 Å². The second-order valence-corrected chi connectivity index (χ2v) is 4.73. The van der Waals surface area contributed by atoms with E-state index in [4.69, 9.17) is 5.73 Å². The predicted molar refractivity (Wildman–Crippen MR) is 77.0 cm³/mol. The maximum absolute atomic E-state index is 11.4. The molecule has 0 saturated heterocycles. The number of nitrogens with zero attached hydrogens (tertiary/aromatic N) is 2. The Morgan fingerprint density at radius 2 is 2.00 bits per heavy atom. The number of nitrogens with one attached hydrogen (secondary N) is 1. The molecule has 1 heterocycles. The molecule has 0 bridgehead atoms. The van der Waals surface area contributed by atoms with Crippen LogP contribution < -0.4 is 16.2 Å². The number of nitrogen functional groups attached to an aromatic ring is 1. The first-order chi connectivity index (χ1) is 9.06. The standard InChI is InChI=1S/C14H18N4O/c1-10(2)18(13-7-14(19)17-9-16-13)8-11-3-5-12(15)6-4-11/h3-7,9-10H,8,15H2,1-2H3,(H,16,17,19). The van der Waals surface area contributed by atoms with Crippen molar-refractivity contribution in [2.75, 3.05) is 10.6 Å². The van der Waals surface area contributed by atoms with Crippen molar-refractivity contribution in [3.63, 3.8) is 0 Å². The van der Waals surface area contributed by atoms with E-state index >= 15 is 0 Å². The molecule has 0 aliphatic heterocycles. The van der Waals surface area contributed by atoms with Crippen molar-refractivity contribution in [1.29, 1.82) is 0 Å².